The van der Waals surface area contributed by atoms with E-state index in [2.05, 4.69) is 14.9 Å². The number of carbonyl (C=O) groups is 1. The van der Waals surface area contributed by atoms with Gasteiger partial charge in [-0.25, -0.2) is 13.2 Å². The molecule has 0 bridgehead atoms. The number of rotatable bonds is 5. The van der Waals surface area contributed by atoms with Crippen LogP contribution in [0, 0.1) is 6.92 Å². The second kappa shape index (κ2) is 5.74. The standard InChI is InChI=1S/C11H14N4O4S2/c1-3-19-11(16)7-4-6(2)20-10(7)15-21(17,18)8-5-13-14-9(8)12/h4-5,15H,3H2,1-2H3,(H3,12,13,14). The van der Waals surface area contributed by atoms with Crippen molar-refractivity contribution in [1.29, 1.82) is 0 Å². The average molecular weight is 330 g/mol. The summed E-state index contributed by atoms with van der Waals surface area (Å²) in [5.74, 6) is -0.659. The molecule has 0 aromatic carbocycles. The molecule has 0 aliphatic heterocycles. The first kappa shape index (κ1) is 15.3. The minimum atomic E-state index is -3.92. The van der Waals surface area contributed by atoms with Crippen LogP contribution in [0.3, 0.4) is 0 Å². The molecule has 21 heavy (non-hydrogen) atoms. The highest BCUT2D eigenvalue weighted by Gasteiger charge is 2.24. The molecule has 114 valence electrons. The van der Waals surface area contributed by atoms with Gasteiger partial charge in [-0.2, -0.15) is 5.10 Å². The Morgan fingerprint density at radius 2 is 2.29 bits per heavy atom. The Labute approximate surface area is 125 Å². The zero-order valence-electron chi connectivity index (χ0n) is 11.3. The molecular formula is C11H14N4O4S2. The van der Waals surface area contributed by atoms with Gasteiger partial charge in [-0.15, -0.1) is 11.3 Å². The molecule has 0 unspecified atom stereocenters. The predicted octanol–water partition coefficient (Wildman–Crippen LogP) is 1.34. The lowest BCUT2D eigenvalue weighted by molar-refractivity contribution is 0.0528. The molecule has 0 atom stereocenters. The maximum absolute atomic E-state index is 12.2. The summed E-state index contributed by atoms with van der Waals surface area (Å²) >= 11 is 1.14. The van der Waals surface area contributed by atoms with Crippen molar-refractivity contribution in [3.05, 3.63) is 22.7 Å². The minimum Gasteiger partial charge on any atom is -0.462 e. The molecule has 0 fully saturated rings. The first-order valence-corrected chi connectivity index (χ1v) is 8.24. The molecule has 0 radical (unpaired) electrons. The van der Waals surface area contributed by atoms with Gasteiger partial charge in [0.25, 0.3) is 10.0 Å². The van der Waals surface area contributed by atoms with Crippen molar-refractivity contribution >= 4 is 38.1 Å². The molecule has 4 N–H and O–H groups in total. The Morgan fingerprint density at radius 1 is 1.57 bits per heavy atom. The maximum atomic E-state index is 12.2. The number of thiophene rings is 1. The Balaban J connectivity index is 2.36. The number of nitrogen functional groups attached to an aromatic ring is 1. The minimum absolute atomic E-state index is 0.0755. The van der Waals surface area contributed by atoms with E-state index in [-0.39, 0.29) is 27.9 Å². The predicted molar refractivity (Wildman–Crippen MR) is 78.8 cm³/mol. The molecule has 2 heterocycles. The molecule has 0 amide bonds. The summed E-state index contributed by atoms with van der Waals surface area (Å²) in [6.45, 7) is 3.64. The monoisotopic (exact) mass is 330 g/mol. The van der Waals surface area contributed by atoms with E-state index in [4.69, 9.17) is 10.5 Å². The van der Waals surface area contributed by atoms with Gasteiger partial charge in [-0.1, -0.05) is 0 Å². The maximum Gasteiger partial charge on any atom is 0.341 e. The van der Waals surface area contributed by atoms with Crippen LogP contribution in [0.1, 0.15) is 22.2 Å². The Kier molecular flexibility index (Phi) is 4.19. The molecule has 8 nitrogen and oxygen atoms in total. The first-order chi connectivity index (χ1) is 9.85. The highest BCUT2D eigenvalue weighted by molar-refractivity contribution is 7.93. The highest BCUT2D eigenvalue weighted by atomic mass is 32.2. The van der Waals surface area contributed by atoms with Crippen LogP contribution >= 0.6 is 11.3 Å². The van der Waals surface area contributed by atoms with Gasteiger partial charge in [0.1, 0.15) is 15.7 Å². The topological polar surface area (TPSA) is 127 Å². The van der Waals surface area contributed by atoms with Gasteiger partial charge < -0.3 is 10.5 Å². The average Bonchev–Trinajstić information content (AvgIpc) is 2.96. The quantitative estimate of drug-likeness (QED) is 0.710. The second-order valence-corrected chi connectivity index (χ2v) is 6.98. The van der Waals surface area contributed by atoms with E-state index in [9.17, 15) is 13.2 Å². The second-order valence-electron chi connectivity index (χ2n) is 4.07. The van der Waals surface area contributed by atoms with Gasteiger partial charge in [0.2, 0.25) is 0 Å². The van der Waals surface area contributed by atoms with Gasteiger partial charge >= 0.3 is 5.97 Å². The summed E-state index contributed by atoms with van der Waals surface area (Å²) < 4.78 is 31.7. The highest BCUT2D eigenvalue weighted by Crippen LogP contribution is 2.31. The lowest BCUT2D eigenvalue weighted by Crippen LogP contribution is -2.15. The summed E-state index contributed by atoms with van der Waals surface area (Å²) in [6, 6.07) is 1.57. The van der Waals surface area contributed by atoms with Gasteiger partial charge in [0, 0.05) is 4.88 Å². The number of anilines is 2. The lowest BCUT2D eigenvalue weighted by Gasteiger charge is -2.07. The fraction of sp³-hybridized carbons (Fsp3) is 0.273. The third kappa shape index (κ3) is 3.16. The number of hydrogen-bond acceptors (Lipinski definition) is 7. The number of sulfonamides is 1. The number of aryl methyl sites for hydroxylation is 1. The number of nitrogens with one attached hydrogen (secondary N) is 2. The Hall–Kier alpha value is -2.07. The fourth-order valence-corrected chi connectivity index (χ4v) is 3.86. The zero-order chi connectivity index (χ0) is 15.6. The van der Waals surface area contributed by atoms with E-state index in [1.54, 1.807) is 19.9 Å². The zero-order valence-corrected chi connectivity index (χ0v) is 13.0. The number of nitrogens with zero attached hydrogens (tertiary/aromatic N) is 1. The van der Waals surface area contributed by atoms with Crippen LogP contribution in [0.15, 0.2) is 17.2 Å². The number of ether oxygens (including phenoxy) is 1. The number of aromatic nitrogens is 2. The first-order valence-electron chi connectivity index (χ1n) is 5.94. The number of esters is 1. The van der Waals surface area contributed by atoms with Crippen LogP contribution in [-0.2, 0) is 14.8 Å². The van der Waals surface area contributed by atoms with Crippen LogP contribution in [0.2, 0.25) is 0 Å². The SMILES string of the molecule is CCOC(=O)c1cc(C)sc1NS(=O)(=O)c1cn[nH]c1N. The van der Waals surface area contributed by atoms with Crippen molar-refractivity contribution in [1.82, 2.24) is 10.2 Å². The Morgan fingerprint density at radius 3 is 2.86 bits per heavy atom. The van der Waals surface area contributed by atoms with Crippen molar-refractivity contribution in [2.45, 2.75) is 18.7 Å². The van der Waals surface area contributed by atoms with Gasteiger partial charge in [-0.05, 0) is 19.9 Å². The molecule has 2 rings (SSSR count). The van der Waals surface area contributed by atoms with Crippen molar-refractivity contribution in [2.24, 2.45) is 0 Å². The smallest absolute Gasteiger partial charge is 0.341 e. The molecule has 2 aromatic rings. The van der Waals surface area contributed by atoms with Gasteiger partial charge in [-0.3, -0.25) is 9.82 Å². The summed E-state index contributed by atoms with van der Waals surface area (Å²) in [5.41, 5.74) is 5.68. The van der Waals surface area contributed by atoms with Crippen LogP contribution in [0.25, 0.3) is 0 Å². The third-order valence-electron chi connectivity index (χ3n) is 2.50. The van der Waals surface area contributed by atoms with Crippen molar-refractivity contribution in [3.8, 4) is 0 Å². The van der Waals surface area contributed by atoms with Crippen molar-refractivity contribution < 1.29 is 17.9 Å². The van der Waals surface area contributed by atoms with E-state index in [1.807, 2.05) is 0 Å². The summed E-state index contributed by atoms with van der Waals surface area (Å²) in [7, 11) is -3.92. The lowest BCUT2D eigenvalue weighted by atomic mass is 10.3. The molecule has 2 aromatic heterocycles. The van der Waals surface area contributed by atoms with E-state index in [0.29, 0.717) is 0 Å². The molecule has 0 aliphatic rings. The van der Waals surface area contributed by atoms with Crippen LogP contribution < -0.4 is 10.5 Å². The van der Waals surface area contributed by atoms with Crippen molar-refractivity contribution in [3.63, 3.8) is 0 Å². The Bertz CT molecular complexity index is 763. The largest absolute Gasteiger partial charge is 0.462 e. The molecule has 0 spiro atoms. The van der Waals surface area contributed by atoms with Gasteiger partial charge in [0.05, 0.1) is 18.4 Å². The number of nitrogens with two attached hydrogens (primary N) is 1. The molecule has 0 aliphatic carbocycles. The molecule has 0 saturated carbocycles. The van der Waals surface area contributed by atoms with E-state index < -0.39 is 16.0 Å². The molecular weight excluding hydrogens is 316 g/mol. The van der Waals surface area contributed by atoms with E-state index >= 15 is 0 Å². The summed E-state index contributed by atoms with van der Waals surface area (Å²) in [4.78, 5) is 12.4. The van der Waals surface area contributed by atoms with E-state index in [0.717, 1.165) is 22.4 Å². The van der Waals surface area contributed by atoms with Gasteiger partial charge in [0.15, 0.2) is 0 Å². The third-order valence-corrected chi connectivity index (χ3v) is 4.97. The summed E-state index contributed by atoms with van der Waals surface area (Å²) in [6.07, 6.45) is 1.10. The number of hydrogen-bond donors (Lipinski definition) is 3. The normalized spacial score (nSPS) is 11.3. The number of H-pyrrole nitrogens is 1. The molecule has 10 heteroatoms. The number of carbonyl (C=O) groups excluding carboxylic acids is 1. The number of aromatic amines is 1. The summed E-state index contributed by atoms with van der Waals surface area (Å²) in [5, 5.41) is 6.09. The van der Waals surface area contributed by atoms with Crippen LogP contribution in [0.5, 0.6) is 0 Å². The van der Waals surface area contributed by atoms with E-state index in [1.165, 1.54) is 0 Å². The van der Waals surface area contributed by atoms with Crippen LogP contribution in [-0.4, -0.2) is 31.2 Å². The fourth-order valence-electron chi connectivity index (χ4n) is 1.63. The van der Waals surface area contributed by atoms with Crippen molar-refractivity contribution in [2.75, 3.05) is 17.1 Å². The van der Waals surface area contributed by atoms with Crippen LogP contribution in [0.4, 0.5) is 10.8 Å². The molecule has 0 saturated heterocycles.